The van der Waals surface area contributed by atoms with Crippen molar-refractivity contribution in [3.8, 4) is 11.4 Å². The quantitative estimate of drug-likeness (QED) is 0.676. The van der Waals surface area contributed by atoms with Gasteiger partial charge in [-0.3, -0.25) is 4.57 Å². The van der Waals surface area contributed by atoms with Crippen LogP contribution < -0.4 is 5.69 Å². The third-order valence-electron chi connectivity index (χ3n) is 4.38. The molecule has 1 fully saturated rings. The van der Waals surface area contributed by atoms with Crippen LogP contribution in [-0.4, -0.2) is 44.2 Å². The number of benzene rings is 1. The van der Waals surface area contributed by atoms with E-state index in [1.165, 1.54) is 10.8 Å². The summed E-state index contributed by atoms with van der Waals surface area (Å²) in [6, 6.07) is 10.9. The number of nitrogens with zero attached hydrogens (tertiary/aromatic N) is 5. The molecule has 8 nitrogen and oxygen atoms in total. The summed E-state index contributed by atoms with van der Waals surface area (Å²) in [6.45, 7) is 0.184. The highest BCUT2D eigenvalue weighted by Gasteiger charge is 2.32. The van der Waals surface area contributed by atoms with Gasteiger partial charge in [0.2, 0.25) is 0 Å². The zero-order valence-electron chi connectivity index (χ0n) is 13.9. The fraction of sp³-hybridized carbons (Fsp3) is 0.294. The SMILES string of the molecule is O=c1ncccn1Cc1nc(-c2ccccc2)nn1[C@H]1CCS(=O)(=O)C1. The van der Waals surface area contributed by atoms with Crippen molar-refractivity contribution in [1.29, 1.82) is 0 Å². The van der Waals surface area contributed by atoms with Gasteiger partial charge in [0.25, 0.3) is 0 Å². The maximum Gasteiger partial charge on any atom is 0.347 e. The topological polar surface area (TPSA) is 99.7 Å². The molecule has 0 bridgehead atoms. The molecule has 3 heterocycles. The van der Waals surface area contributed by atoms with Gasteiger partial charge in [0, 0.05) is 18.0 Å². The van der Waals surface area contributed by atoms with Crippen molar-refractivity contribution in [2.45, 2.75) is 19.0 Å². The molecule has 1 atom stereocenters. The molecule has 1 saturated heterocycles. The summed E-state index contributed by atoms with van der Waals surface area (Å²) in [5.41, 5.74) is 0.453. The van der Waals surface area contributed by atoms with Crippen LogP contribution in [0.1, 0.15) is 18.3 Å². The minimum atomic E-state index is -3.07. The highest BCUT2D eigenvalue weighted by Crippen LogP contribution is 2.26. The second-order valence-corrected chi connectivity index (χ2v) is 8.48. The van der Waals surface area contributed by atoms with E-state index >= 15 is 0 Å². The van der Waals surface area contributed by atoms with E-state index in [0.29, 0.717) is 18.1 Å². The van der Waals surface area contributed by atoms with Gasteiger partial charge < -0.3 is 0 Å². The van der Waals surface area contributed by atoms with E-state index in [9.17, 15) is 13.2 Å². The Morgan fingerprint density at radius 2 is 1.96 bits per heavy atom. The molecule has 2 aromatic heterocycles. The third-order valence-corrected chi connectivity index (χ3v) is 6.13. The Labute approximate surface area is 150 Å². The summed E-state index contributed by atoms with van der Waals surface area (Å²) >= 11 is 0. The first-order chi connectivity index (χ1) is 12.5. The van der Waals surface area contributed by atoms with Crippen LogP contribution in [0.3, 0.4) is 0 Å². The van der Waals surface area contributed by atoms with Crippen molar-refractivity contribution in [3.05, 3.63) is 65.1 Å². The van der Waals surface area contributed by atoms with E-state index in [2.05, 4.69) is 15.1 Å². The lowest BCUT2D eigenvalue weighted by Gasteiger charge is -2.12. The molecular formula is C17H17N5O3S. The number of hydrogen-bond donors (Lipinski definition) is 0. The molecule has 0 saturated carbocycles. The van der Waals surface area contributed by atoms with Gasteiger partial charge in [-0.1, -0.05) is 30.3 Å². The molecule has 0 N–H and O–H groups in total. The molecule has 1 aliphatic rings. The summed E-state index contributed by atoms with van der Waals surface area (Å²) < 4.78 is 26.9. The average molecular weight is 371 g/mol. The molecule has 0 aliphatic carbocycles. The van der Waals surface area contributed by atoms with E-state index in [1.54, 1.807) is 16.9 Å². The molecule has 1 aromatic carbocycles. The van der Waals surface area contributed by atoms with Crippen LogP contribution in [0, 0.1) is 0 Å². The Bertz CT molecular complexity index is 1090. The van der Waals surface area contributed by atoms with Gasteiger partial charge in [-0.2, -0.15) is 5.10 Å². The van der Waals surface area contributed by atoms with E-state index in [-0.39, 0.29) is 29.8 Å². The van der Waals surface area contributed by atoms with Gasteiger partial charge in [-0.25, -0.2) is 27.9 Å². The molecular weight excluding hydrogens is 354 g/mol. The summed E-state index contributed by atoms with van der Waals surface area (Å²) in [5, 5.41) is 4.56. The van der Waals surface area contributed by atoms with Gasteiger partial charge in [0.05, 0.1) is 24.1 Å². The maximum atomic E-state index is 11.9. The summed E-state index contributed by atoms with van der Waals surface area (Å²) in [6.07, 6.45) is 3.55. The predicted molar refractivity (Wildman–Crippen MR) is 95.4 cm³/mol. The van der Waals surface area contributed by atoms with Gasteiger partial charge in [-0.15, -0.1) is 0 Å². The summed E-state index contributed by atoms with van der Waals surface area (Å²) in [7, 11) is -3.07. The van der Waals surface area contributed by atoms with Crippen molar-refractivity contribution in [3.63, 3.8) is 0 Å². The molecule has 134 valence electrons. The molecule has 0 radical (unpaired) electrons. The minimum absolute atomic E-state index is 0.0412. The molecule has 1 aliphatic heterocycles. The van der Waals surface area contributed by atoms with E-state index in [0.717, 1.165) is 5.56 Å². The predicted octanol–water partition coefficient (Wildman–Crippen LogP) is 0.910. The molecule has 3 aromatic rings. The molecule has 4 rings (SSSR count). The van der Waals surface area contributed by atoms with Crippen molar-refractivity contribution in [2.75, 3.05) is 11.5 Å². The molecule has 26 heavy (non-hydrogen) atoms. The largest absolute Gasteiger partial charge is 0.347 e. The van der Waals surface area contributed by atoms with Crippen LogP contribution in [0.5, 0.6) is 0 Å². The molecule has 0 spiro atoms. The number of sulfone groups is 1. The van der Waals surface area contributed by atoms with E-state index in [4.69, 9.17) is 0 Å². The second kappa shape index (κ2) is 6.49. The highest BCUT2D eigenvalue weighted by molar-refractivity contribution is 7.91. The number of aromatic nitrogens is 5. The fourth-order valence-corrected chi connectivity index (χ4v) is 4.79. The van der Waals surface area contributed by atoms with Gasteiger partial charge in [0.15, 0.2) is 15.7 Å². The Kier molecular flexibility index (Phi) is 4.15. The Balaban J connectivity index is 1.77. The Hall–Kier alpha value is -2.81. The van der Waals surface area contributed by atoms with Crippen molar-refractivity contribution in [2.24, 2.45) is 0 Å². The zero-order valence-corrected chi connectivity index (χ0v) is 14.7. The lowest BCUT2D eigenvalue weighted by molar-refractivity contribution is 0.468. The first-order valence-corrected chi connectivity index (χ1v) is 10.1. The normalized spacial score (nSPS) is 18.8. The maximum absolute atomic E-state index is 11.9. The number of hydrogen-bond acceptors (Lipinski definition) is 6. The first kappa shape index (κ1) is 16.6. The smallest absolute Gasteiger partial charge is 0.292 e. The lowest BCUT2D eigenvalue weighted by Crippen LogP contribution is -2.25. The second-order valence-electron chi connectivity index (χ2n) is 6.25. The standard InChI is InChI=1S/C17H17N5O3S/c23-17-18-8-4-9-21(17)11-15-19-16(13-5-2-1-3-6-13)20-22(15)14-7-10-26(24,25)12-14/h1-6,8-9,14H,7,10-12H2/t14-/m0/s1. The first-order valence-electron chi connectivity index (χ1n) is 8.24. The van der Waals surface area contributed by atoms with Crippen LogP contribution in [0.25, 0.3) is 11.4 Å². The minimum Gasteiger partial charge on any atom is -0.292 e. The van der Waals surface area contributed by atoms with Crippen molar-refractivity contribution >= 4 is 9.84 Å². The van der Waals surface area contributed by atoms with E-state index < -0.39 is 9.84 Å². The van der Waals surface area contributed by atoms with Gasteiger partial charge in [0.1, 0.15) is 5.82 Å². The van der Waals surface area contributed by atoms with Crippen LogP contribution in [-0.2, 0) is 16.4 Å². The van der Waals surface area contributed by atoms with Gasteiger partial charge in [-0.05, 0) is 12.5 Å². The summed E-state index contributed by atoms with van der Waals surface area (Å²) in [4.78, 5) is 20.3. The average Bonchev–Trinajstić information content (AvgIpc) is 3.21. The lowest BCUT2D eigenvalue weighted by atomic mass is 10.2. The van der Waals surface area contributed by atoms with Crippen LogP contribution in [0.4, 0.5) is 0 Å². The molecule has 0 unspecified atom stereocenters. The van der Waals surface area contributed by atoms with Crippen LogP contribution in [0.15, 0.2) is 53.6 Å². The fourth-order valence-electron chi connectivity index (χ4n) is 3.09. The van der Waals surface area contributed by atoms with E-state index in [1.807, 2.05) is 30.3 Å². The Morgan fingerprint density at radius 3 is 2.65 bits per heavy atom. The third kappa shape index (κ3) is 3.30. The zero-order chi connectivity index (χ0) is 18.1. The number of rotatable bonds is 4. The Morgan fingerprint density at radius 1 is 1.15 bits per heavy atom. The van der Waals surface area contributed by atoms with Crippen molar-refractivity contribution < 1.29 is 8.42 Å². The summed E-state index contributed by atoms with van der Waals surface area (Å²) in [5.74, 6) is 1.24. The van der Waals surface area contributed by atoms with Crippen LogP contribution in [0.2, 0.25) is 0 Å². The molecule has 0 amide bonds. The van der Waals surface area contributed by atoms with Gasteiger partial charge >= 0.3 is 5.69 Å². The molecule has 9 heteroatoms. The van der Waals surface area contributed by atoms with Crippen molar-refractivity contribution in [1.82, 2.24) is 24.3 Å². The highest BCUT2D eigenvalue weighted by atomic mass is 32.2. The van der Waals surface area contributed by atoms with Crippen LogP contribution >= 0.6 is 0 Å². The monoisotopic (exact) mass is 371 g/mol.